The second-order valence-corrected chi connectivity index (χ2v) is 7.94. The van der Waals surface area contributed by atoms with Crippen molar-refractivity contribution in [3.05, 3.63) is 54.7 Å². The molecule has 0 atom stereocenters. The Morgan fingerprint density at radius 3 is 2.66 bits per heavy atom. The third kappa shape index (κ3) is 4.28. The summed E-state index contributed by atoms with van der Waals surface area (Å²) in [6.07, 6.45) is 6.48. The first-order chi connectivity index (χ1) is 17.1. The molecule has 0 unspecified atom stereocenters. The van der Waals surface area contributed by atoms with Gasteiger partial charge >= 0.3 is 0 Å². The summed E-state index contributed by atoms with van der Waals surface area (Å²) < 4.78 is 12.1. The molecular formula is C24H25N7O4. The average molecular weight is 476 g/mol. The maximum absolute atomic E-state index is 13.1. The van der Waals surface area contributed by atoms with E-state index in [4.69, 9.17) is 9.47 Å². The van der Waals surface area contributed by atoms with E-state index in [1.165, 1.54) is 23.9 Å². The highest BCUT2D eigenvalue weighted by Gasteiger charge is 2.19. The number of methoxy groups -OCH3 is 2. The van der Waals surface area contributed by atoms with Crippen molar-refractivity contribution in [1.29, 1.82) is 0 Å². The number of rotatable bonds is 6. The van der Waals surface area contributed by atoms with Crippen LogP contribution < -0.4 is 25.0 Å². The van der Waals surface area contributed by atoms with Gasteiger partial charge in [0, 0.05) is 55.5 Å². The maximum Gasteiger partial charge on any atom is 0.274 e. The molecule has 1 aliphatic rings. The van der Waals surface area contributed by atoms with Crippen molar-refractivity contribution >= 4 is 28.1 Å². The Labute approximate surface area is 201 Å². The van der Waals surface area contributed by atoms with Crippen LogP contribution in [0.1, 0.15) is 10.5 Å². The van der Waals surface area contributed by atoms with Crippen LogP contribution in [0, 0.1) is 0 Å². The van der Waals surface area contributed by atoms with E-state index in [2.05, 4.69) is 30.5 Å². The van der Waals surface area contributed by atoms with Crippen LogP contribution in [0.25, 0.3) is 16.7 Å². The molecule has 4 heterocycles. The zero-order valence-electron chi connectivity index (χ0n) is 19.4. The van der Waals surface area contributed by atoms with Gasteiger partial charge in [-0.3, -0.25) is 14.3 Å². The Hall–Kier alpha value is -4.38. The lowest BCUT2D eigenvalue weighted by molar-refractivity contribution is 0.102. The van der Waals surface area contributed by atoms with Gasteiger partial charge in [0.15, 0.2) is 11.5 Å². The normalized spacial score (nSPS) is 13.6. The molecule has 4 aromatic rings. The van der Waals surface area contributed by atoms with Gasteiger partial charge in [-0.1, -0.05) is 0 Å². The van der Waals surface area contributed by atoms with E-state index in [1.807, 2.05) is 6.07 Å². The third-order valence-corrected chi connectivity index (χ3v) is 5.89. The summed E-state index contributed by atoms with van der Waals surface area (Å²) in [6.45, 7) is 3.41. The van der Waals surface area contributed by atoms with E-state index in [0.29, 0.717) is 28.0 Å². The first-order valence-corrected chi connectivity index (χ1v) is 11.1. The number of ether oxygens (including phenoxy) is 2. The molecule has 3 N–H and O–H groups in total. The van der Waals surface area contributed by atoms with Gasteiger partial charge in [-0.15, -0.1) is 0 Å². The molecule has 1 amide bonds. The van der Waals surface area contributed by atoms with Crippen LogP contribution in [0.3, 0.4) is 0 Å². The molecule has 1 aliphatic heterocycles. The number of anilines is 2. The smallest absolute Gasteiger partial charge is 0.274 e. The number of hydrogen-bond acceptors (Lipinski definition) is 9. The Kier molecular flexibility index (Phi) is 6.06. The minimum Gasteiger partial charge on any atom is -0.494 e. The van der Waals surface area contributed by atoms with Crippen LogP contribution >= 0.6 is 0 Å². The van der Waals surface area contributed by atoms with Gasteiger partial charge < -0.3 is 30.1 Å². The number of aromatic hydroxyl groups is 1. The molecule has 11 nitrogen and oxygen atoms in total. The van der Waals surface area contributed by atoms with Gasteiger partial charge in [0.05, 0.1) is 31.8 Å². The number of pyridine rings is 1. The number of carbonyl (C=O) groups is 1. The summed E-state index contributed by atoms with van der Waals surface area (Å²) in [6, 6.07) is 6.84. The topological polar surface area (TPSA) is 127 Å². The maximum atomic E-state index is 13.1. The predicted octanol–water partition coefficient (Wildman–Crippen LogP) is 2.20. The average Bonchev–Trinajstić information content (AvgIpc) is 3.23. The van der Waals surface area contributed by atoms with Crippen LogP contribution in [0.5, 0.6) is 17.4 Å². The summed E-state index contributed by atoms with van der Waals surface area (Å²) in [7, 11) is 3.07. The molecule has 0 aliphatic carbocycles. The Bertz CT molecular complexity index is 1380. The standard InChI is InChI=1S/C24H25N7O4/c1-34-20-11-15-14-31(23(33)16(15)12-21(20)35-2)24-27-6-3-17(29-24)22(32)28-18-13-26-5-4-19(18)30-9-7-25-8-10-30/h3-6,11-14,25,33H,7-10H2,1-2H3,(H,28,32). The Balaban J connectivity index is 1.45. The summed E-state index contributed by atoms with van der Waals surface area (Å²) in [5.41, 5.74) is 1.66. The number of carbonyl (C=O) groups excluding carboxylic acids is 1. The summed E-state index contributed by atoms with van der Waals surface area (Å²) in [4.78, 5) is 28.1. The summed E-state index contributed by atoms with van der Waals surface area (Å²) >= 11 is 0. The van der Waals surface area contributed by atoms with E-state index in [9.17, 15) is 9.90 Å². The number of hydrogen-bond donors (Lipinski definition) is 3. The number of benzene rings is 1. The van der Waals surface area contributed by atoms with Crippen LogP contribution in [0.15, 0.2) is 49.1 Å². The molecule has 0 spiro atoms. The second kappa shape index (κ2) is 9.47. The molecule has 3 aromatic heterocycles. The van der Waals surface area contributed by atoms with E-state index >= 15 is 0 Å². The quantitative estimate of drug-likeness (QED) is 0.385. The number of fused-ring (bicyclic) bond motifs is 1. The Morgan fingerprint density at radius 1 is 1.11 bits per heavy atom. The molecule has 180 valence electrons. The van der Waals surface area contributed by atoms with Crippen molar-refractivity contribution in [3.63, 3.8) is 0 Å². The number of piperazine rings is 1. The lowest BCUT2D eigenvalue weighted by Gasteiger charge is -2.30. The predicted molar refractivity (Wildman–Crippen MR) is 131 cm³/mol. The molecule has 1 fully saturated rings. The van der Waals surface area contributed by atoms with Gasteiger partial charge in [-0.25, -0.2) is 9.97 Å². The number of nitrogens with one attached hydrogen (secondary N) is 2. The van der Waals surface area contributed by atoms with Crippen molar-refractivity contribution < 1.29 is 19.4 Å². The highest BCUT2D eigenvalue weighted by Crippen LogP contribution is 2.38. The van der Waals surface area contributed by atoms with Crippen molar-refractivity contribution in [2.24, 2.45) is 0 Å². The molecule has 1 aromatic carbocycles. The zero-order valence-corrected chi connectivity index (χ0v) is 19.4. The molecule has 11 heteroatoms. The Morgan fingerprint density at radius 2 is 1.89 bits per heavy atom. The third-order valence-electron chi connectivity index (χ3n) is 5.89. The lowest BCUT2D eigenvalue weighted by atomic mass is 10.2. The van der Waals surface area contributed by atoms with E-state index < -0.39 is 5.91 Å². The van der Waals surface area contributed by atoms with E-state index in [-0.39, 0.29) is 17.5 Å². The minimum atomic E-state index is -0.405. The fourth-order valence-electron chi connectivity index (χ4n) is 4.12. The highest BCUT2D eigenvalue weighted by molar-refractivity contribution is 6.04. The summed E-state index contributed by atoms with van der Waals surface area (Å²) in [5.74, 6) is 0.684. The highest BCUT2D eigenvalue weighted by atomic mass is 16.5. The second-order valence-electron chi connectivity index (χ2n) is 7.94. The number of amides is 1. The van der Waals surface area contributed by atoms with Crippen molar-refractivity contribution in [3.8, 4) is 23.3 Å². The van der Waals surface area contributed by atoms with Crippen molar-refractivity contribution in [2.75, 3.05) is 50.6 Å². The van der Waals surface area contributed by atoms with E-state index in [0.717, 1.165) is 31.9 Å². The van der Waals surface area contributed by atoms with Crippen LogP contribution in [-0.4, -0.2) is 70.9 Å². The molecule has 0 bridgehead atoms. The molecule has 35 heavy (non-hydrogen) atoms. The minimum absolute atomic E-state index is 0.0771. The molecule has 5 rings (SSSR count). The molecule has 1 saturated heterocycles. The number of aromatic nitrogens is 4. The fraction of sp³-hybridized carbons (Fsp3) is 0.250. The molecular weight excluding hydrogens is 450 g/mol. The van der Waals surface area contributed by atoms with Crippen molar-refractivity contribution in [2.45, 2.75) is 0 Å². The first-order valence-electron chi connectivity index (χ1n) is 11.1. The van der Waals surface area contributed by atoms with Gasteiger partial charge in [-0.05, 0) is 24.3 Å². The molecule has 0 saturated carbocycles. The van der Waals surface area contributed by atoms with Crippen LogP contribution in [-0.2, 0) is 0 Å². The summed E-state index contributed by atoms with van der Waals surface area (Å²) in [5, 5.41) is 18.3. The van der Waals surface area contributed by atoms with Gasteiger partial charge in [0.2, 0.25) is 11.8 Å². The lowest BCUT2D eigenvalue weighted by Crippen LogP contribution is -2.43. The SMILES string of the molecule is COc1cc2cn(-c3nccc(C(=O)Nc4cnccc4N4CCNCC4)n3)c(O)c2cc1OC. The first kappa shape index (κ1) is 22.4. The zero-order chi connectivity index (χ0) is 24.4. The van der Waals surface area contributed by atoms with E-state index in [1.54, 1.807) is 37.8 Å². The van der Waals surface area contributed by atoms with Crippen LogP contribution in [0.2, 0.25) is 0 Å². The van der Waals surface area contributed by atoms with Gasteiger partial charge in [-0.2, -0.15) is 0 Å². The monoisotopic (exact) mass is 475 g/mol. The fourth-order valence-corrected chi connectivity index (χ4v) is 4.12. The van der Waals surface area contributed by atoms with Crippen LogP contribution in [0.4, 0.5) is 11.4 Å². The molecule has 0 radical (unpaired) electrons. The largest absolute Gasteiger partial charge is 0.494 e. The van der Waals surface area contributed by atoms with Gasteiger partial charge in [0.25, 0.3) is 5.91 Å². The number of nitrogens with zero attached hydrogens (tertiary/aromatic N) is 5. The van der Waals surface area contributed by atoms with Crippen molar-refractivity contribution in [1.82, 2.24) is 24.8 Å². The van der Waals surface area contributed by atoms with Gasteiger partial charge in [0.1, 0.15) is 5.69 Å².